The molecule has 0 aliphatic carbocycles. The lowest BCUT2D eigenvalue weighted by Gasteiger charge is -2.12. The number of halogens is 2. The van der Waals surface area contributed by atoms with Crippen molar-refractivity contribution in [3.63, 3.8) is 0 Å². The second-order valence-electron chi connectivity index (χ2n) is 6.37. The molecule has 0 fully saturated rings. The summed E-state index contributed by atoms with van der Waals surface area (Å²) in [4.78, 5) is 12.5. The normalized spacial score (nSPS) is 17.3. The van der Waals surface area contributed by atoms with Crippen LogP contribution in [0.1, 0.15) is 21.6 Å². The van der Waals surface area contributed by atoms with Gasteiger partial charge in [0.15, 0.2) is 11.4 Å². The SMILES string of the molecule is Cc1ccc(NC(=O)c2c3c(cn2C)S(=O)(=O)NC(C=C(F)F)CO3)cc1C#N. The van der Waals surface area contributed by atoms with Crippen molar-refractivity contribution in [2.45, 2.75) is 17.9 Å². The number of hydrogen-bond donors (Lipinski definition) is 2. The van der Waals surface area contributed by atoms with E-state index in [1.165, 1.54) is 23.9 Å². The summed E-state index contributed by atoms with van der Waals surface area (Å²) in [5, 5.41) is 11.7. The van der Waals surface area contributed by atoms with Gasteiger partial charge in [0.25, 0.3) is 12.0 Å². The van der Waals surface area contributed by atoms with Gasteiger partial charge in [0, 0.05) is 25.0 Å². The molecule has 0 radical (unpaired) electrons. The number of fused-ring (bicyclic) bond motifs is 1. The lowest BCUT2D eigenvalue weighted by atomic mass is 10.1. The van der Waals surface area contributed by atoms with Gasteiger partial charge in [0.1, 0.15) is 11.5 Å². The smallest absolute Gasteiger partial charge is 0.276 e. The summed E-state index contributed by atoms with van der Waals surface area (Å²) in [7, 11) is -2.74. The van der Waals surface area contributed by atoms with E-state index < -0.39 is 34.7 Å². The first-order valence-electron chi connectivity index (χ1n) is 8.31. The maximum Gasteiger partial charge on any atom is 0.276 e. The number of amides is 1. The van der Waals surface area contributed by atoms with E-state index in [2.05, 4.69) is 10.0 Å². The average molecular weight is 422 g/mol. The summed E-state index contributed by atoms with van der Waals surface area (Å²) in [5.41, 5.74) is 1.34. The minimum absolute atomic E-state index is 0.102. The number of rotatable bonds is 3. The first kappa shape index (κ1) is 20.5. The lowest BCUT2D eigenvalue weighted by Crippen LogP contribution is -2.35. The van der Waals surface area contributed by atoms with E-state index in [0.29, 0.717) is 17.3 Å². The third-order valence-corrected chi connectivity index (χ3v) is 5.75. The predicted molar refractivity (Wildman–Crippen MR) is 99.2 cm³/mol. The van der Waals surface area contributed by atoms with Crippen LogP contribution in [0.2, 0.25) is 0 Å². The lowest BCUT2D eigenvalue weighted by molar-refractivity contribution is 0.101. The van der Waals surface area contributed by atoms with E-state index in [0.717, 1.165) is 5.56 Å². The molecule has 11 heteroatoms. The van der Waals surface area contributed by atoms with Crippen LogP contribution in [-0.4, -0.2) is 31.5 Å². The number of anilines is 1. The van der Waals surface area contributed by atoms with Gasteiger partial charge in [-0.2, -0.15) is 14.0 Å². The van der Waals surface area contributed by atoms with Crippen LogP contribution in [-0.2, 0) is 17.1 Å². The zero-order valence-electron chi connectivity index (χ0n) is 15.4. The standard InChI is InChI=1S/C18H16F2N4O4S/c1-10-3-4-12(5-11(10)7-21)22-18(25)16-17-14(8-24(16)2)29(26,27)23-13(9-28-17)6-15(19)20/h3-6,8,13,23H,9H2,1-2H3,(H,22,25). The Labute approximate surface area is 165 Å². The maximum atomic E-state index is 12.8. The molecule has 1 amide bonds. The molecule has 8 nitrogen and oxygen atoms in total. The number of nitrogens with one attached hydrogen (secondary N) is 2. The molecule has 0 saturated carbocycles. The Bertz CT molecular complexity index is 1160. The van der Waals surface area contributed by atoms with E-state index in [9.17, 15) is 22.0 Å². The van der Waals surface area contributed by atoms with Crippen molar-refractivity contribution in [3.8, 4) is 11.8 Å². The molecule has 1 aliphatic heterocycles. The Morgan fingerprint density at radius 2 is 2.17 bits per heavy atom. The number of nitrogens with zero attached hydrogens (tertiary/aromatic N) is 2. The van der Waals surface area contributed by atoms with Crippen LogP contribution >= 0.6 is 0 Å². The van der Waals surface area contributed by atoms with Gasteiger partial charge in [0.2, 0.25) is 10.0 Å². The van der Waals surface area contributed by atoms with Gasteiger partial charge in [-0.25, -0.2) is 13.1 Å². The molecule has 2 aromatic rings. The fraction of sp³-hybridized carbons (Fsp3) is 0.222. The molecule has 152 valence electrons. The third kappa shape index (κ3) is 4.13. The Kier molecular flexibility index (Phi) is 5.41. The minimum Gasteiger partial charge on any atom is -0.488 e. The minimum atomic E-state index is -4.19. The maximum absolute atomic E-state index is 12.8. The number of hydrogen-bond acceptors (Lipinski definition) is 5. The highest BCUT2D eigenvalue weighted by atomic mass is 32.2. The van der Waals surface area contributed by atoms with Crippen LogP contribution in [0, 0.1) is 18.3 Å². The summed E-state index contributed by atoms with van der Waals surface area (Å²) >= 11 is 0. The molecule has 1 aliphatic rings. The van der Waals surface area contributed by atoms with Crippen LogP contribution in [0.25, 0.3) is 0 Å². The van der Waals surface area contributed by atoms with E-state index in [1.54, 1.807) is 19.1 Å². The highest BCUT2D eigenvalue weighted by molar-refractivity contribution is 7.89. The second-order valence-corrected chi connectivity index (χ2v) is 8.06. The van der Waals surface area contributed by atoms with Crippen LogP contribution < -0.4 is 14.8 Å². The Morgan fingerprint density at radius 3 is 2.83 bits per heavy atom. The Balaban J connectivity index is 1.97. The molecule has 1 unspecified atom stereocenters. The van der Waals surface area contributed by atoms with Gasteiger partial charge >= 0.3 is 0 Å². The monoisotopic (exact) mass is 422 g/mol. The van der Waals surface area contributed by atoms with Crippen molar-refractivity contribution in [2.24, 2.45) is 7.05 Å². The molecule has 2 N–H and O–H groups in total. The van der Waals surface area contributed by atoms with E-state index in [-0.39, 0.29) is 16.3 Å². The van der Waals surface area contributed by atoms with Crippen molar-refractivity contribution in [1.29, 1.82) is 5.26 Å². The second kappa shape index (κ2) is 7.65. The van der Waals surface area contributed by atoms with Crippen molar-refractivity contribution in [1.82, 2.24) is 9.29 Å². The number of carbonyl (C=O) groups is 1. The van der Waals surface area contributed by atoms with Gasteiger partial charge < -0.3 is 14.6 Å². The molecular weight excluding hydrogens is 406 g/mol. The molecule has 1 aromatic heterocycles. The fourth-order valence-corrected chi connectivity index (χ4v) is 4.24. The predicted octanol–water partition coefficient (Wildman–Crippen LogP) is 2.28. The average Bonchev–Trinajstić information content (AvgIpc) is 2.92. The summed E-state index contributed by atoms with van der Waals surface area (Å²) in [5.74, 6) is -0.914. The van der Waals surface area contributed by atoms with Crippen LogP contribution in [0.5, 0.6) is 5.75 Å². The molecule has 0 bridgehead atoms. The summed E-state index contributed by atoms with van der Waals surface area (Å²) < 4.78 is 58.9. The van der Waals surface area contributed by atoms with Crippen LogP contribution in [0.4, 0.5) is 14.5 Å². The zero-order valence-corrected chi connectivity index (χ0v) is 16.2. The number of ether oxygens (including phenoxy) is 1. The van der Waals surface area contributed by atoms with E-state index in [1.807, 2.05) is 6.07 Å². The summed E-state index contributed by atoms with van der Waals surface area (Å²) in [6.45, 7) is 1.33. The highest BCUT2D eigenvalue weighted by Crippen LogP contribution is 2.33. The van der Waals surface area contributed by atoms with Crippen molar-refractivity contribution in [2.75, 3.05) is 11.9 Å². The van der Waals surface area contributed by atoms with Crippen LogP contribution in [0.3, 0.4) is 0 Å². The first-order chi connectivity index (χ1) is 13.6. The number of benzene rings is 1. The van der Waals surface area contributed by atoms with Crippen molar-refractivity contribution < 1.29 is 26.7 Å². The molecule has 0 spiro atoms. The Morgan fingerprint density at radius 1 is 1.45 bits per heavy atom. The molecule has 3 rings (SSSR count). The van der Waals surface area contributed by atoms with E-state index >= 15 is 0 Å². The van der Waals surface area contributed by atoms with Gasteiger partial charge in [-0.05, 0) is 24.6 Å². The van der Waals surface area contributed by atoms with Gasteiger partial charge in [-0.3, -0.25) is 4.79 Å². The first-order valence-corrected chi connectivity index (χ1v) is 9.80. The number of aryl methyl sites for hydroxylation is 2. The molecule has 1 aromatic carbocycles. The zero-order chi connectivity index (χ0) is 21.3. The molecule has 0 saturated heterocycles. The number of sulfonamides is 1. The molecule has 1 atom stereocenters. The number of carbonyl (C=O) groups excluding carboxylic acids is 1. The quantitative estimate of drug-likeness (QED) is 0.788. The number of aromatic nitrogens is 1. The van der Waals surface area contributed by atoms with Crippen LogP contribution in [0.15, 0.2) is 41.4 Å². The largest absolute Gasteiger partial charge is 0.488 e. The van der Waals surface area contributed by atoms with Gasteiger partial charge in [-0.15, -0.1) is 0 Å². The topological polar surface area (TPSA) is 113 Å². The molecular formula is C18H16F2N4O4S. The fourth-order valence-electron chi connectivity index (χ4n) is 2.88. The molecule has 2 heterocycles. The van der Waals surface area contributed by atoms with Gasteiger partial charge in [0.05, 0.1) is 17.7 Å². The van der Waals surface area contributed by atoms with Crippen molar-refractivity contribution >= 4 is 21.6 Å². The van der Waals surface area contributed by atoms with Gasteiger partial charge in [-0.1, -0.05) is 6.07 Å². The van der Waals surface area contributed by atoms with Crippen molar-refractivity contribution in [3.05, 3.63) is 53.4 Å². The van der Waals surface area contributed by atoms with E-state index in [4.69, 9.17) is 10.00 Å². The summed E-state index contributed by atoms with van der Waals surface area (Å²) in [6.07, 6.45) is -0.460. The highest BCUT2D eigenvalue weighted by Gasteiger charge is 2.34. The Hall–Kier alpha value is -3.23. The number of nitriles is 1. The molecule has 29 heavy (non-hydrogen) atoms. The third-order valence-electron chi connectivity index (χ3n) is 4.26. The summed E-state index contributed by atoms with van der Waals surface area (Å²) in [6, 6.07) is 5.47.